The summed E-state index contributed by atoms with van der Waals surface area (Å²) in [6.45, 7) is 7.55. The Kier molecular flexibility index (Phi) is 5.41. The van der Waals surface area contributed by atoms with Crippen LogP contribution in [-0.2, 0) is 11.8 Å². The number of anilines is 2. The number of aromatic nitrogens is 2. The van der Waals surface area contributed by atoms with Crippen LogP contribution in [0.5, 0.6) is 0 Å². The van der Waals surface area contributed by atoms with E-state index in [-0.39, 0.29) is 11.6 Å². The maximum absolute atomic E-state index is 12.4. The minimum absolute atomic E-state index is 0.00649. The van der Waals surface area contributed by atoms with Gasteiger partial charge in [0.05, 0.1) is 48.2 Å². The van der Waals surface area contributed by atoms with Crippen molar-refractivity contribution in [1.82, 2.24) is 9.78 Å². The molecule has 0 bridgehead atoms. The molecule has 0 unspecified atom stereocenters. The lowest BCUT2D eigenvalue weighted by Gasteiger charge is -2.33. The highest BCUT2D eigenvalue weighted by molar-refractivity contribution is 5.92. The van der Waals surface area contributed by atoms with Crippen molar-refractivity contribution in [1.29, 1.82) is 0 Å². The molecule has 0 spiro atoms. The van der Waals surface area contributed by atoms with Crippen LogP contribution in [0.15, 0.2) is 24.3 Å². The van der Waals surface area contributed by atoms with Crippen LogP contribution in [0.25, 0.3) is 0 Å². The number of carbonyl (C=O) groups is 1. The van der Waals surface area contributed by atoms with Gasteiger partial charge in [-0.15, -0.1) is 0 Å². The van der Waals surface area contributed by atoms with Gasteiger partial charge < -0.3 is 15.1 Å². The van der Waals surface area contributed by atoms with Crippen LogP contribution in [0.3, 0.4) is 0 Å². The number of non-ortho nitro benzene ring substituents is 1. The summed E-state index contributed by atoms with van der Waals surface area (Å²) in [6.07, 6.45) is 0. The predicted octanol–water partition coefficient (Wildman–Crippen LogP) is 0.289. The molecule has 1 fully saturated rings. The molecule has 27 heavy (non-hydrogen) atoms. The van der Waals surface area contributed by atoms with Gasteiger partial charge in [-0.3, -0.25) is 19.6 Å². The van der Waals surface area contributed by atoms with Crippen LogP contribution in [0.1, 0.15) is 11.4 Å². The van der Waals surface area contributed by atoms with Gasteiger partial charge in [0, 0.05) is 24.9 Å². The normalized spacial score (nSPS) is 15.0. The molecular formula is C18H25N6O3+. The summed E-state index contributed by atoms with van der Waals surface area (Å²) >= 11 is 0. The molecule has 3 rings (SSSR count). The van der Waals surface area contributed by atoms with Gasteiger partial charge in [0.2, 0.25) is 0 Å². The highest BCUT2D eigenvalue weighted by Gasteiger charge is 2.23. The molecule has 1 aliphatic heterocycles. The summed E-state index contributed by atoms with van der Waals surface area (Å²) < 4.78 is 1.76. The summed E-state index contributed by atoms with van der Waals surface area (Å²) in [5.41, 5.74) is 3.64. The van der Waals surface area contributed by atoms with E-state index in [0.29, 0.717) is 6.54 Å². The average molecular weight is 373 g/mol. The molecule has 0 atom stereocenters. The third-order valence-electron chi connectivity index (χ3n) is 5.08. The fraction of sp³-hybridized carbons (Fsp3) is 0.444. The van der Waals surface area contributed by atoms with Gasteiger partial charge in [0.25, 0.3) is 11.6 Å². The van der Waals surface area contributed by atoms with Crippen LogP contribution >= 0.6 is 0 Å². The number of carbonyl (C=O) groups excluding carboxylic acids is 1. The first-order chi connectivity index (χ1) is 12.8. The molecule has 9 nitrogen and oxygen atoms in total. The molecule has 2 heterocycles. The molecule has 9 heteroatoms. The number of nitrogens with one attached hydrogen (secondary N) is 2. The van der Waals surface area contributed by atoms with Crippen molar-refractivity contribution in [2.24, 2.45) is 7.05 Å². The number of aryl methyl sites for hydroxylation is 2. The van der Waals surface area contributed by atoms with Crippen molar-refractivity contribution < 1.29 is 14.6 Å². The second-order valence-electron chi connectivity index (χ2n) is 6.90. The van der Waals surface area contributed by atoms with Crippen molar-refractivity contribution in [2.45, 2.75) is 13.8 Å². The quantitative estimate of drug-likeness (QED) is 0.580. The van der Waals surface area contributed by atoms with Gasteiger partial charge in [-0.1, -0.05) is 0 Å². The van der Waals surface area contributed by atoms with Crippen molar-refractivity contribution in [3.63, 3.8) is 0 Å². The smallest absolute Gasteiger partial charge is 0.279 e. The van der Waals surface area contributed by atoms with Crippen LogP contribution in [-0.4, -0.2) is 53.3 Å². The number of hydrogen-bond donors (Lipinski definition) is 2. The van der Waals surface area contributed by atoms with E-state index in [4.69, 9.17) is 0 Å². The second-order valence-corrected chi connectivity index (χ2v) is 6.90. The molecule has 1 amide bonds. The van der Waals surface area contributed by atoms with E-state index in [0.717, 1.165) is 48.9 Å². The van der Waals surface area contributed by atoms with E-state index in [1.165, 1.54) is 17.0 Å². The first-order valence-corrected chi connectivity index (χ1v) is 8.98. The van der Waals surface area contributed by atoms with Crippen LogP contribution < -0.4 is 15.1 Å². The zero-order valence-electron chi connectivity index (χ0n) is 15.9. The van der Waals surface area contributed by atoms with Crippen molar-refractivity contribution in [3.05, 3.63) is 45.8 Å². The number of nitrogens with zero attached hydrogens (tertiary/aromatic N) is 4. The van der Waals surface area contributed by atoms with Crippen molar-refractivity contribution in [2.75, 3.05) is 42.9 Å². The third-order valence-corrected chi connectivity index (χ3v) is 5.08. The molecule has 0 aliphatic carbocycles. The molecular weight excluding hydrogens is 348 g/mol. The Labute approximate surface area is 157 Å². The Hall–Kier alpha value is -2.94. The molecule has 0 saturated carbocycles. The topological polar surface area (TPSA) is 97.7 Å². The lowest BCUT2D eigenvalue weighted by Crippen LogP contribution is -3.15. The Bertz CT molecular complexity index is 838. The van der Waals surface area contributed by atoms with E-state index in [2.05, 4.69) is 15.3 Å². The van der Waals surface area contributed by atoms with Crippen molar-refractivity contribution in [3.8, 4) is 0 Å². The molecule has 1 aromatic carbocycles. The van der Waals surface area contributed by atoms with E-state index < -0.39 is 4.92 Å². The summed E-state index contributed by atoms with van der Waals surface area (Å²) in [4.78, 5) is 26.2. The number of quaternary nitrogens is 1. The third kappa shape index (κ3) is 4.25. The first kappa shape index (κ1) is 18.8. The average Bonchev–Trinajstić information content (AvgIpc) is 2.88. The molecule has 1 saturated heterocycles. The molecule has 1 aliphatic rings. The summed E-state index contributed by atoms with van der Waals surface area (Å²) in [7, 11) is 1.86. The van der Waals surface area contributed by atoms with Crippen LogP contribution in [0.4, 0.5) is 17.1 Å². The number of piperazine rings is 1. The fourth-order valence-electron chi connectivity index (χ4n) is 3.41. The SMILES string of the molecule is Cc1nn(C)c(C)c1NC(=O)C[NH+]1CCN(c2ccc([N+](=O)[O-])cc2)CC1. The van der Waals surface area contributed by atoms with Gasteiger partial charge in [-0.25, -0.2) is 0 Å². The molecule has 1 aromatic heterocycles. The zero-order valence-corrected chi connectivity index (χ0v) is 15.9. The highest BCUT2D eigenvalue weighted by atomic mass is 16.6. The van der Waals surface area contributed by atoms with Gasteiger partial charge >= 0.3 is 0 Å². The lowest BCUT2D eigenvalue weighted by molar-refractivity contribution is -0.892. The highest BCUT2D eigenvalue weighted by Crippen LogP contribution is 2.19. The van der Waals surface area contributed by atoms with Crippen molar-refractivity contribution >= 4 is 23.0 Å². The number of amides is 1. The minimum Gasteiger partial charge on any atom is -0.360 e. The molecule has 2 N–H and O–H groups in total. The zero-order chi connectivity index (χ0) is 19.6. The standard InChI is InChI=1S/C18H24N6O3/c1-13-18(14(2)21(3)20-13)19-17(25)12-22-8-10-23(11-9-22)15-4-6-16(7-5-15)24(26)27/h4-7H,8-12H2,1-3H3,(H,19,25)/p+1. The number of rotatable bonds is 5. The van der Waals surface area contributed by atoms with E-state index in [1.54, 1.807) is 16.8 Å². The number of nitro benzene ring substituents is 1. The molecule has 0 radical (unpaired) electrons. The maximum atomic E-state index is 12.4. The van der Waals surface area contributed by atoms with Crippen LogP contribution in [0.2, 0.25) is 0 Å². The predicted molar refractivity (Wildman–Crippen MR) is 102 cm³/mol. The van der Waals surface area contributed by atoms with Gasteiger partial charge in [0.15, 0.2) is 6.54 Å². The number of benzene rings is 1. The minimum atomic E-state index is -0.393. The van der Waals surface area contributed by atoms with Gasteiger partial charge in [-0.2, -0.15) is 5.10 Å². The van der Waals surface area contributed by atoms with Gasteiger partial charge in [0.1, 0.15) is 0 Å². The molecule has 2 aromatic rings. The lowest BCUT2D eigenvalue weighted by atomic mass is 10.2. The monoisotopic (exact) mass is 373 g/mol. The summed E-state index contributed by atoms with van der Waals surface area (Å²) in [5, 5.41) is 18.1. The molecule has 144 valence electrons. The van der Waals surface area contributed by atoms with Gasteiger partial charge in [-0.05, 0) is 26.0 Å². The number of nitro groups is 1. The van der Waals surface area contributed by atoms with Crippen LogP contribution in [0, 0.1) is 24.0 Å². The maximum Gasteiger partial charge on any atom is 0.279 e. The Morgan fingerprint density at radius 2 is 1.89 bits per heavy atom. The Morgan fingerprint density at radius 1 is 1.26 bits per heavy atom. The Balaban J connectivity index is 1.51. The van der Waals surface area contributed by atoms with E-state index in [1.807, 2.05) is 20.9 Å². The Morgan fingerprint density at radius 3 is 2.41 bits per heavy atom. The fourth-order valence-corrected chi connectivity index (χ4v) is 3.41. The number of hydrogen-bond acceptors (Lipinski definition) is 5. The largest absolute Gasteiger partial charge is 0.360 e. The second kappa shape index (κ2) is 7.75. The first-order valence-electron chi connectivity index (χ1n) is 8.98. The van der Waals surface area contributed by atoms with E-state index in [9.17, 15) is 14.9 Å². The summed E-state index contributed by atoms with van der Waals surface area (Å²) in [6, 6.07) is 6.62. The van der Waals surface area contributed by atoms with E-state index >= 15 is 0 Å². The summed E-state index contributed by atoms with van der Waals surface area (Å²) in [5.74, 6) is -0.00649.